The zero-order valence-corrected chi connectivity index (χ0v) is 9.78. The van der Waals surface area contributed by atoms with Crippen LogP contribution < -0.4 is 4.74 Å². The van der Waals surface area contributed by atoms with Crippen molar-refractivity contribution in [2.24, 2.45) is 0 Å². The van der Waals surface area contributed by atoms with E-state index in [1.54, 1.807) is 30.3 Å². The fourth-order valence-corrected chi connectivity index (χ4v) is 1.99. The van der Waals surface area contributed by atoms with Crippen LogP contribution in [0.3, 0.4) is 0 Å². The number of rotatable bonds is 5. The number of carbonyl (C=O) groups is 2. The second kappa shape index (κ2) is 5.41. The molecular formula is C13H10O3S. The molecule has 0 N–H and O–H groups in total. The number of aldehydes is 1. The Labute approximate surface area is 103 Å². The minimum atomic E-state index is -0.0588. The lowest BCUT2D eigenvalue weighted by molar-refractivity contribution is 0.0925. The molecule has 0 atom stereocenters. The van der Waals surface area contributed by atoms with E-state index >= 15 is 0 Å². The predicted octanol–water partition coefficient (Wildman–Crippen LogP) is 2.82. The molecule has 0 bridgehead atoms. The Morgan fingerprint density at radius 1 is 1.29 bits per heavy atom. The molecule has 0 aliphatic rings. The summed E-state index contributed by atoms with van der Waals surface area (Å²) < 4.78 is 5.33. The van der Waals surface area contributed by atoms with E-state index in [-0.39, 0.29) is 12.4 Å². The number of carbonyl (C=O) groups excluding carboxylic acids is 2. The summed E-state index contributed by atoms with van der Waals surface area (Å²) in [5.74, 6) is 0.469. The SMILES string of the molecule is O=Cc1cccc(OCC(=O)c2cccs2)c1. The van der Waals surface area contributed by atoms with Gasteiger partial charge in [-0.3, -0.25) is 9.59 Å². The number of benzene rings is 1. The average molecular weight is 246 g/mol. The van der Waals surface area contributed by atoms with Gasteiger partial charge in [0.15, 0.2) is 6.61 Å². The molecule has 86 valence electrons. The molecule has 0 saturated heterocycles. The first-order valence-corrected chi connectivity index (χ1v) is 5.92. The lowest BCUT2D eigenvalue weighted by Gasteiger charge is -2.04. The highest BCUT2D eigenvalue weighted by Crippen LogP contribution is 2.14. The molecule has 0 radical (unpaired) electrons. The van der Waals surface area contributed by atoms with Crippen LogP contribution in [0.4, 0.5) is 0 Å². The average Bonchev–Trinajstić information content (AvgIpc) is 2.90. The number of ketones is 1. The number of hydrogen-bond donors (Lipinski definition) is 0. The van der Waals surface area contributed by atoms with E-state index in [2.05, 4.69) is 0 Å². The van der Waals surface area contributed by atoms with Gasteiger partial charge >= 0.3 is 0 Å². The zero-order valence-electron chi connectivity index (χ0n) is 8.96. The molecule has 1 heterocycles. The van der Waals surface area contributed by atoms with Crippen LogP contribution in [0.15, 0.2) is 41.8 Å². The lowest BCUT2D eigenvalue weighted by atomic mass is 10.2. The quantitative estimate of drug-likeness (QED) is 0.602. The predicted molar refractivity (Wildman–Crippen MR) is 66.0 cm³/mol. The van der Waals surface area contributed by atoms with Crippen molar-refractivity contribution >= 4 is 23.4 Å². The molecule has 0 amide bonds. The maximum Gasteiger partial charge on any atom is 0.210 e. The van der Waals surface area contributed by atoms with Crippen LogP contribution in [0.5, 0.6) is 5.75 Å². The van der Waals surface area contributed by atoms with Crippen LogP contribution in [0.25, 0.3) is 0 Å². The first-order valence-electron chi connectivity index (χ1n) is 5.04. The van der Waals surface area contributed by atoms with Crippen LogP contribution in [0.1, 0.15) is 20.0 Å². The Balaban J connectivity index is 1.98. The first-order chi connectivity index (χ1) is 8.29. The molecule has 0 unspecified atom stereocenters. The number of thiophene rings is 1. The van der Waals surface area contributed by atoms with Gasteiger partial charge in [0.1, 0.15) is 12.0 Å². The van der Waals surface area contributed by atoms with E-state index in [1.165, 1.54) is 11.3 Å². The third-order valence-corrected chi connectivity index (χ3v) is 3.07. The van der Waals surface area contributed by atoms with Crippen molar-refractivity contribution in [2.75, 3.05) is 6.61 Å². The van der Waals surface area contributed by atoms with E-state index < -0.39 is 0 Å². The first kappa shape index (κ1) is 11.5. The van der Waals surface area contributed by atoms with Crippen LogP contribution >= 0.6 is 11.3 Å². The monoisotopic (exact) mass is 246 g/mol. The van der Waals surface area contributed by atoms with Crippen molar-refractivity contribution < 1.29 is 14.3 Å². The van der Waals surface area contributed by atoms with Gasteiger partial charge in [0.2, 0.25) is 5.78 Å². The smallest absolute Gasteiger partial charge is 0.210 e. The van der Waals surface area contributed by atoms with Crippen molar-refractivity contribution in [3.8, 4) is 5.75 Å². The van der Waals surface area contributed by atoms with Gasteiger partial charge in [-0.15, -0.1) is 11.3 Å². The summed E-state index contributed by atoms with van der Waals surface area (Å²) >= 11 is 1.39. The standard InChI is InChI=1S/C13H10O3S/c14-8-10-3-1-4-11(7-10)16-9-12(15)13-5-2-6-17-13/h1-8H,9H2. The van der Waals surface area contributed by atoms with Crippen LogP contribution in [-0.2, 0) is 0 Å². The summed E-state index contributed by atoms with van der Waals surface area (Å²) in [5.41, 5.74) is 0.533. The number of Topliss-reactive ketones (excluding diaryl/α,β-unsaturated/α-hetero) is 1. The molecule has 0 fully saturated rings. The summed E-state index contributed by atoms with van der Waals surface area (Å²) in [6.45, 7) is -0.0111. The van der Waals surface area contributed by atoms with Gasteiger partial charge in [0, 0.05) is 5.56 Å². The Kier molecular flexibility index (Phi) is 3.67. The van der Waals surface area contributed by atoms with Gasteiger partial charge in [-0.2, -0.15) is 0 Å². The Morgan fingerprint density at radius 2 is 2.18 bits per heavy atom. The molecule has 17 heavy (non-hydrogen) atoms. The van der Waals surface area contributed by atoms with E-state index in [1.807, 2.05) is 11.4 Å². The van der Waals surface area contributed by atoms with Gasteiger partial charge in [0.25, 0.3) is 0 Å². The highest BCUT2D eigenvalue weighted by molar-refractivity contribution is 7.12. The Bertz CT molecular complexity index is 517. The minimum Gasteiger partial charge on any atom is -0.485 e. The molecule has 0 aliphatic carbocycles. The molecule has 0 spiro atoms. The van der Waals surface area contributed by atoms with Crippen molar-refractivity contribution in [1.29, 1.82) is 0 Å². The number of hydrogen-bond acceptors (Lipinski definition) is 4. The highest BCUT2D eigenvalue weighted by Gasteiger charge is 2.07. The van der Waals surface area contributed by atoms with E-state index in [4.69, 9.17) is 4.74 Å². The fraction of sp³-hybridized carbons (Fsp3) is 0.0769. The Hall–Kier alpha value is -1.94. The van der Waals surface area contributed by atoms with Crippen molar-refractivity contribution in [1.82, 2.24) is 0 Å². The highest BCUT2D eigenvalue weighted by atomic mass is 32.1. The third-order valence-electron chi connectivity index (χ3n) is 2.16. The fourth-order valence-electron chi connectivity index (χ4n) is 1.33. The van der Waals surface area contributed by atoms with Crippen molar-refractivity contribution in [2.45, 2.75) is 0 Å². The molecule has 2 rings (SSSR count). The minimum absolute atomic E-state index is 0.0111. The van der Waals surface area contributed by atoms with Gasteiger partial charge in [0.05, 0.1) is 4.88 Å². The summed E-state index contributed by atoms with van der Waals surface area (Å²) in [5, 5.41) is 1.85. The van der Waals surface area contributed by atoms with Crippen LogP contribution in [0.2, 0.25) is 0 Å². The van der Waals surface area contributed by atoms with E-state index in [0.29, 0.717) is 16.2 Å². The molecular weight excluding hydrogens is 236 g/mol. The van der Waals surface area contributed by atoms with Crippen molar-refractivity contribution in [3.05, 3.63) is 52.2 Å². The molecule has 1 aromatic heterocycles. The second-order valence-corrected chi connectivity index (χ2v) is 4.33. The van der Waals surface area contributed by atoms with Gasteiger partial charge in [-0.1, -0.05) is 18.2 Å². The molecule has 0 aliphatic heterocycles. The third kappa shape index (κ3) is 3.01. The van der Waals surface area contributed by atoms with Gasteiger partial charge in [-0.05, 0) is 23.6 Å². The maximum atomic E-state index is 11.6. The summed E-state index contributed by atoms with van der Waals surface area (Å²) in [6, 6.07) is 10.3. The molecule has 3 nitrogen and oxygen atoms in total. The summed E-state index contributed by atoms with van der Waals surface area (Å²) in [4.78, 5) is 22.9. The molecule has 0 saturated carbocycles. The molecule has 2 aromatic rings. The number of ether oxygens (including phenoxy) is 1. The normalized spacial score (nSPS) is 9.88. The van der Waals surface area contributed by atoms with E-state index in [0.717, 1.165) is 6.29 Å². The lowest BCUT2D eigenvalue weighted by Crippen LogP contribution is -2.10. The zero-order chi connectivity index (χ0) is 12.1. The maximum absolute atomic E-state index is 11.6. The Morgan fingerprint density at radius 3 is 2.88 bits per heavy atom. The van der Waals surface area contributed by atoms with Gasteiger partial charge < -0.3 is 4.74 Å². The summed E-state index contributed by atoms with van der Waals surface area (Å²) in [7, 11) is 0. The topological polar surface area (TPSA) is 43.4 Å². The molecule has 1 aromatic carbocycles. The van der Waals surface area contributed by atoms with E-state index in [9.17, 15) is 9.59 Å². The molecule has 4 heteroatoms. The van der Waals surface area contributed by atoms with Crippen molar-refractivity contribution in [3.63, 3.8) is 0 Å². The largest absolute Gasteiger partial charge is 0.485 e. The summed E-state index contributed by atoms with van der Waals surface area (Å²) in [6.07, 6.45) is 0.744. The van der Waals surface area contributed by atoms with Crippen LogP contribution in [0, 0.1) is 0 Å². The second-order valence-electron chi connectivity index (χ2n) is 3.38. The van der Waals surface area contributed by atoms with Crippen LogP contribution in [-0.4, -0.2) is 18.7 Å². The van der Waals surface area contributed by atoms with Gasteiger partial charge in [-0.25, -0.2) is 0 Å².